The number of benzene rings is 2. The molecule has 1 fully saturated rings. The van der Waals surface area contributed by atoms with Crippen molar-refractivity contribution in [2.45, 2.75) is 19.8 Å². The zero-order valence-corrected chi connectivity index (χ0v) is 19.8. The number of piperidine rings is 1. The molecule has 0 saturated carbocycles. The molecule has 36 heavy (non-hydrogen) atoms. The smallest absolute Gasteiger partial charge is 0.342 e. The highest BCUT2D eigenvalue weighted by atomic mass is 16.5. The maximum atomic E-state index is 12.9. The molecule has 2 aromatic carbocycles. The second-order valence-electron chi connectivity index (χ2n) is 8.52. The molecule has 0 atom stereocenters. The fourth-order valence-electron chi connectivity index (χ4n) is 4.41. The molecule has 2 aromatic heterocycles. The predicted molar refractivity (Wildman–Crippen MR) is 131 cm³/mol. The summed E-state index contributed by atoms with van der Waals surface area (Å²) in [7, 11) is 0. The lowest BCUT2D eigenvalue weighted by molar-refractivity contribution is -0.140. The van der Waals surface area contributed by atoms with Gasteiger partial charge in [0.2, 0.25) is 0 Å². The molecule has 0 radical (unpaired) electrons. The van der Waals surface area contributed by atoms with E-state index in [9.17, 15) is 14.4 Å². The van der Waals surface area contributed by atoms with Crippen molar-refractivity contribution in [3.63, 3.8) is 0 Å². The van der Waals surface area contributed by atoms with Gasteiger partial charge in [-0.2, -0.15) is 0 Å². The summed E-state index contributed by atoms with van der Waals surface area (Å²) in [5, 5.41) is 0.511. The highest BCUT2D eigenvalue weighted by molar-refractivity contribution is 6.09. The number of rotatable bonds is 6. The van der Waals surface area contributed by atoms with Crippen LogP contribution in [0.4, 0.5) is 0 Å². The van der Waals surface area contributed by atoms with E-state index >= 15 is 0 Å². The molecule has 4 aromatic rings. The predicted octanol–water partition coefficient (Wildman–Crippen LogP) is 5.33. The number of hydrogen-bond donors (Lipinski definition) is 0. The molecule has 0 unspecified atom stereocenters. The quantitative estimate of drug-likeness (QED) is 0.268. The van der Waals surface area contributed by atoms with Gasteiger partial charge in [0, 0.05) is 24.0 Å². The van der Waals surface area contributed by atoms with Gasteiger partial charge in [-0.05, 0) is 50.1 Å². The lowest BCUT2D eigenvalue weighted by atomic mass is 9.97. The Bertz CT molecular complexity index is 1380. The van der Waals surface area contributed by atoms with Crippen LogP contribution in [0.2, 0.25) is 0 Å². The molecule has 1 aliphatic heterocycles. The van der Waals surface area contributed by atoms with Crippen molar-refractivity contribution in [2.24, 2.45) is 5.92 Å². The maximum Gasteiger partial charge on any atom is 0.342 e. The van der Waals surface area contributed by atoms with Crippen molar-refractivity contribution in [3.8, 4) is 17.1 Å². The van der Waals surface area contributed by atoms with Gasteiger partial charge in [0.15, 0.2) is 5.76 Å². The Morgan fingerprint density at radius 1 is 1.00 bits per heavy atom. The Morgan fingerprint density at radius 2 is 1.78 bits per heavy atom. The standard InChI is InChI=1S/C28H25NO7/c1-2-33-28(32)24-21-17-20(10-11-22(21)36-25(24)18-7-4-3-5-8-18)35-27(31)19-12-14-29(15-13-19)26(30)23-9-6-16-34-23/h3-11,16-17,19H,2,12-15H2,1H3. The van der Waals surface area contributed by atoms with Crippen LogP contribution < -0.4 is 4.74 Å². The third-order valence-electron chi connectivity index (χ3n) is 6.24. The molecule has 0 aliphatic carbocycles. The molecule has 1 saturated heterocycles. The summed E-state index contributed by atoms with van der Waals surface area (Å²) in [5.74, 6) is -0.394. The van der Waals surface area contributed by atoms with Crippen molar-refractivity contribution in [3.05, 3.63) is 78.3 Å². The Balaban J connectivity index is 1.34. The van der Waals surface area contributed by atoms with Gasteiger partial charge in [-0.1, -0.05) is 30.3 Å². The SMILES string of the molecule is CCOC(=O)c1c(-c2ccccc2)oc2ccc(OC(=O)C3CCN(C(=O)c4ccco4)CC3)cc12. The molecule has 1 aliphatic rings. The topological polar surface area (TPSA) is 99.2 Å². The summed E-state index contributed by atoms with van der Waals surface area (Å²) >= 11 is 0. The van der Waals surface area contributed by atoms with E-state index in [0.717, 1.165) is 5.56 Å². The van der Waals surface area contributed by atoms with Crippen molar-refractivity contribution in [2.75, 3.05) is 19.7 Å². The van der Waals surface area contributed by atoms with Gasteiger partial charge in [0.05, 0.1) is 18.8 Å². The second-order valence-corrected chi connectivity index (χ2v) is 8.52. The zero-order chi connectivity index (χ0) is 25.1. The molecule has 5 rings (SSSR count). The van der Waals surface area contributed by atoms with E-state index in [1.165, 1.54) is 6.26 Å². The minimum absolute atomic E-state index is 0.182. The number of furan rings is 2. The number of fused-ring (bicyclic) bond motifs is 1. The van der Waals surface area contributed by atoms with Crippen LogP contribution in [0.3, 0.4) is 0 Å². The van der Waals surface area contributed by atoms with E-state index in [4.69, 9.17) is 18.3 Å². The number of carbonyl (C=O) groups is 3. The Kier molecular flexibility index (Phi) is 6.58. The van der Waals surface area contributed by atoms with E-state index < -0.39 is 5.97 Å². The molecule has 3 heterocycles. The first-order chi connectivity index (χ1) is 17.5. The summed E-state index contributed by atoms with van der Waals surface area (Å²) < 4.78 is 22.2. The molecule has 0 bridgehead atoms. The van der Waals surface area contributed by atoms with Gasteiger partial charge in [-0.3, -0.25) is 9.59 Å². The van der Waals surface area contributed by atoms with E-state index in [0.29, 0.717) is 54.0 Å². The van der Waals surface area contributed by atoms with Gasteiger partial charge in [-0.15, -0.1) is 0 Å². The van der Waals surface area contributed by atoms with Crippen LogP contribution in [0.1, 0.15) is 40.7 Å². The normalized spacial score (nSPS) is 14.1. The van der Waals surface area contributed by atoms with E-state index in [-0.39, 0.29) is 30.2 Å². The van der Waals surface area contributed by atoms with Gasteiger partial charge < -0.3 is 23.2 Å². The number of nitrogens with zero attached hydrogens (tertiary/aromatic N) is 1. The molecule has 8 heteroatoms. The van der Waals surface area contributed by atoms with Crippen LogP contribution in [-0.4, -0.2) is 42.4 Å². The van der Waals surface area contributed by atoms with Crippen molar-refractivity contribution < 1.29 is 32.7 Å². The van der Waals surface area contributed by atoms with Crippen molar-refractivity contribution >= 4 is 28.8 Å². The third-order valence-corrected chi connectivity index (χ3v) is 6.24. The first-order valence-electron chi connectivity index (χ1n) is 11.9. The van der Waals surface area contributed by atoms with Gasteiger partial charge in [0.1, 0.15) is 22.7 Å². The molecule has 1 amide bonds. The van der Waals surface area contributed by atoms with Crippen LogP contribution in [0.5, 0.6) is 5.75 Å². The van der Waals surface area contributed by atoms with Crippen molar-refractivity contribution in [1.29, 1.82) is 0 Å². The number of amides is 1. The minimum Gasteiger partial charge on any atom is -0.462 e. The van der Waals surface area contributed by atoms with Crippen LogP contribution >= 0.6 is 0 Å². The lowest BCUT2D eigenvalue weighted by Crippen LogP contribution is -2.41. The molecular formula is C28H25NO7. The van der Waals surface area contributed by atoms with E-state index in [1.807, 2.05) is 30.3 Å². The summed E-state index contributed by atoms with van der Waals surface area (Å²) in [6.45, 7) is 2.83. The first-order valence-corrected chi connectivity index (χ1v) is 11.9. The summed E-state index contributed by atoms with van der Waals surface area (Å²) in [6.07, 6.45) is 2.45. The summed E-state index contributed by atoms with van der Waals surface area (Å²) in [6, 6.07) is 17.6. The molecule has 184 valence electrons. The molecule has 0 spiro atoms. The molecule has 0 N–H and O–H groups in total. The largest absolute Gasteiger partial charge is 0.462 e. The van der Waals surface area contributed by atoms with Gasteiger partial charge in [0.25, 0.3) is 5.91 Å². The Morgan fingerprint density at radius 3 is 2.47 bits per heavy atom. The van der Waals surface area contributed by atoms with Crippen LogP contribution in [0.15, 0.2) is 75.8 Å². The first kappa shape index (κ1) is 23.4. The Labute approximate surface area is 207 Å². The van der Waals surface area contributed by atoms with Crippen molar-refractivity contribution in [1.82, 2.24) is 4.90 Å². The number of ether oxygens (including phenoxy) is 2. The second kappa shape index (κ2) is 10.1. The minimum atomic E-state index is -0.507. The van der Waals surface area contributed by atoms with Crippen LogP contribution in [0, 0.1) is 5.92 Å². The summed E-state index contributed by atoms with van der Waals surface area (Å²) in [4.78, 5) is 39.9. The monoisotopic (exact) mass is 487 g/mol. The fraction of sp³-hybridized carbons (Fsp3) is 0.250. The molecular weight excluding hydrogens is 462 g/mol. The number of esters is 2. The molecule has 8 nitrogen and oxygen atoms in total. The lowest BCUT2D eigenvalue weighted by Gasteiger charge is -2.30. The maximum absolute atomic E-state index is 12.9. The van der Waals surface area contributed by atoms with E-state index in [1.54, 1.807) is 42.2 Å². The number of carbonyl (C=O) groups excluding carboxylic acids is 3. The van der Waals surface area contributed by atoms with Crippen LogP contribution in [-0.2, 0) is 9.53 Å². The average Bonchev–Trinajstić information content (AvgIpc) is 3.57. The van der Waals surface area contributed by atoms with Gasteiger partial charge >= 0.3 is 11.9 Å². The third kappa shape index (κ3) is 4.62. The number of hydrogen-bond acceptors (Lipinski definition) is 7. The fourth-order valence-corrected chi connectivity index (χ4v) is 4.41. The highest BCUT2D eigenvalue weighted by Crippen LogP contribution is 2.36. The zero-order valence-electron chi connectivity index (χ0n) is 19.8. The van der Waals surface area contributed by atoms with E-state index in [2.05, 4.69) is 0 Å². The summed E-state index contributed by atoms with van der Waals surface area (Å²) in [5.41, 5.74) is 1.52. The Hall–Kier alpha value is -4.33. The highest BCUT2D eigenvalue weighted by Gasteiger charge is 2.30. The number of likely N-dealkylation sites (tertiary alicyclic amines) is 1. The van der Waals surface area contributed by atoms with Crippen LogP contribution in [0.25, 0.3) is 22.3 Å². The average molecular weight is 488 g/mol. The van der Waals surface area contributed by atoms with Gasteiger partial charge in [-0.25, -0.2) is 4.79 Å².